The van der Waals surface area contributed by atoms with Gasteiger partial charge < -0.3 is 24.8 Å². The molecule has 0 bridgehead atoms. The first-order chi connectivity index (χ1) is 13.9. The Balaban J connectivity index is 1.91. The van der Waals surface area contributed by atoms with Crippen molar-refractivity contribution in [2.24, 2.45) is 0 Å². The minimum atomic E-state index is -0.904. The summed E-state index contributed by atoms with van der Waals surface area (Å²) in [4.78, 5) is 42.8. The van der Waals surface area contributed by atoms with Crippen molar-refractivity contribution in [3.05, 3.63) is 23.9 Å². The molecule has 29 heavy (non-hydrogen) atoms. The number of methoxy groups -OCH3 is 2. The maximum absolute atomic E-state index is 12.5. The van der Waals surface area contributed by atoms with Crippen molar-refractivity contribution >= 4 is 17.8 Å². The van der Waals surface area contributed by atoms with Crippen LogP contribution in [0.4, 0.5) is 0 Å². The number of hydrogen-bond acceptors (Lipinski definition) is 8. The number of aromatic nitrogens is 1. The number of nitrogens with zero attached hydrogens (tertiary/aromatic N) is 2. The fourth-order valence-corrected chi connectivity index (χ4v) is 2.87. The average Bonchev–Trinajstić information content (AvgIpc) is 2.73. The molecule has 0 saturated carbocycles. The highest BCUT2D eigenvalue weighted by molar-refractivity contribution is 5.91. The van der Waals surface area contributed by atoms with Gasteiger partial charge in [-0.05, 0) is 18.6 Å². The molecule has 1 aromatic heterocycles. The van der Waals surface area contributed by atoms with Gasteiger partial charge in [0.15, 0.2) is 0 Å². The predicted molar refractivity (Wildman–Crippen MR) is 103 cm³/mol. The highest BCUT2D eigenvalue weighted by atomic mass is 16.5. The van der Waals surface area contributed by atoms with Gasteiger partial charge in [-0.1, -0.05) is 0 Å². The molecule has 2 N–H and O–H groups in total. The molecule has 2 amide bonds. The summed E-state index contributed by atoms with van der Waals surface area (Å²) >= 11 is 0. The minimum absolute atomic E-state index is 0.193. The van der Waals surface area contributed by atoms with E-state index in [1.807, 2.05) is 4.90 Å². The van der Waals surface area contributed by atoms with E-state index in [4.69, 9.17) is 14.2 Å². The molecule has 2 atom stereocenters. The Bertz CT molecular complexity index is 708. The van der Waals surface area contributed by atoms with Crippen LogP contribution in [0.5, 0.6) is 5.88 Å². The van der Waals surface area contributed by atoms with Gasteiger partial charge in [0.25, 0.3) is 0 Å². The lowest BCUT2D eigenvalue weighted by molar-refractivity contribution is -0.145. The SMILES string of the molecule is COC(=O)C(Cc1ccnc(OC)c1)NC(=O)[C@H](C)NC(=O)CN1CCOCC1. The van der Waals surface area contributed by atoms with Gasteiger partial charge in [-0.3, -0.25) is 14.5 Å². The van der Waals surface area contributed by atoms with Crippen molar-refractivity contribution in [1.29, 1.82) is 0 Å². The van der Waals surface area contributed by atoms with Crippen LogP contribution in [0.1, 0.15) is 12.5 Å². The second-order valence-electron chi connectivity index (χ2n) is 6.67. The smallest absolute Gasteiger partial charge is 0.328 e. The Morgan fingerprint density at radius 2 is 1.97 bits per heavy atom. The zero-order valence-electron chi connectivity index (χ0n) is 17.0. The van der Waals surface area contributed by atoms with Crippen molar-refractivity contribution in [2.75, 3.05) is 47.1 Å². The average molecular weight is 408 g/mol. The molecule has 1 fully saturated rings. The van der Waals surface area contributed by atoms with Gasteiger partial charge in [-0.15, -0.1) is 0 Å². The lowest BCUT2D eigenvalue weighted by Gasteiger charge is -2.26. The van der Waals surface area contributed by atoms with Crippen LogP contribution in [0.3, 0.4) is 0 Å². The van der Waals surface area contributed by atoms with Crippen LogP contribution in [0.25, 0.3) is 0 Å². The van der Waals surface area contributed by atoms with Gasteiger partial charge in [-0.2, -0.15) is 0 Å². The number of rotatable bonds is 9. The van der Waals surface area contributed by atoms with Crippen molar-refractivity contribution in [3.63, 3.8) is 0 Å². The molecule has 0 aromatic carbocycles. The first-order valence-corrected chi connectivity index (χ1v) is 9.39. The number of nitrogens with one attached hydrogen (secondary N) is 2. The molecule has 160 valence electrons. The van der Waals surface area contributed by atoms with E-state index in [0.29, 0.717) is 32.2 Å². The zero-order valence-corrected chi connectivity index (χ0v) is 17.0. The number of morpholine rings is 1. The standard InChI is InChI=1S/C19H28N4O6/c1-13(21-16(24)12-23-6-8-29-9-7-23)18(25)22-15(19(26)28-3)10-14-4-5-20-17(11-14)27-2/h4-5,11,13,15H,6-10,12H2,1-3H3,(H,21,24)(H,22,25)/t13-,15?/m0/s1. The number of esters is 1. The van der Waals surface area contributed by atoms with Crippen molar-refractivity contribution < 1.29 is 28.6 Å². The van der Waals surface area contributed by atoms with Crippen LogP contribution in [0, 0.1) is 0 Å². The lowest BCUT2D eigenvalue weighted by Crippen LogP contribution is -2.53. The number of ether oxygens (including phenoxy) is 3. The number of amides is 2. The molecule has 0 aliphatic carbocycles. The number of carbonyl (C=O) groups excluding carboxylic acids is 3. The second-order valence-corrected chi connectivity index (χ2v) is 6.67. The highest BCUT2D eigenvalue weighted by Crippen LogP contribution is 2.11. The molecule has 2 heterocycles. The Hall–Kier alpha value is -2.72. The van der Waals surface area contributed by atoms with E-state index in [2.05, 4.69) is 15.6 Å². The molecule has 1 unspecified atom stereocenters. The molecule has 1 saturated heterocycles. The van der Waals surface area contributed by atoms with E-state index < -0.39 is 24.0 Å². The van der Waals surface area contributed by atoms with E-state index in [9.17, 15) is 14.4 Å². The zero-order chi connectivity index (χ0) is 21.2. The molecule has 10 nitrogen and oxygen atoms in total. The molecule has 1 aliphatic rings. The topological polar surface area (TPSA) is 119 Å². The van der Waals surface area contributed by atoms with E-state index in [0.717, 1.165) is 5.56 Å². The van der Waals surface area contributed by atoms with Crippen LogP contribution in [0.2, 0.25) is 0 Å². The summed E-state index contributed by atoms with van der Waals surface area (Å²) in [5, 5.41) is 5.30. The van der Waals surface area contributed by atoms with E-state index in [-0.39, 0.29) is 18.9 Å². The van der Waals surface area contributed by atoms with Crippen LogP contribution in [-0.4, -0.2) is 86.8 Å². The van der Waals surface area contributed by atoms with E-state index >= 15 is 0 Å². The molecule has 0 spiro atoms. The Kier molecular flexibility index (Phi) is 8.81. The molecule has 0 radical (unpaired) electrons. The summed E-state index contributed by atoms with van der Waals surface area (Å²) in [5.41, 5.74) is 0.747. The summed E-state index contributed by atoms with van der Waals surface area (Å²) in [5.74, 6) is -0.915. The van der Waals surface area contributed by atoms with Crippen molar-refractivity contribution in [3.8, 4) is 5.88 Å². The van der Waals surface area contributed by atoms with Gasteiger partial charge in [0.2, 0.25) is 17.7 Å². The van der Waals surface area contributed by atoms with Crippen LogP contribution in [-0.2, 0) is 30.3 Å². The van der Waals surface area contributed by atoms with E-state index in [1.54, 1.807) is 25.3 Å². The van der Waals surface area contributed by atoms with Crippen molar-refractivity contribution in [1.82, 2.24) is 20.5 Å². The molecular weight excluding hydrogens is 380 g/mol. The van der Waals surface area contributed by atoms with Gasteiger partial charge in [0.05, 0.1) is 34.0 Å². The fourth-order valence-electron chi connectivity index (χ4n) is 2.87. The summed E-state index contributed by atoms with van der Waals surface area (Å²) < 4.78 is 15.1. The van der Waals surface area contributed by atoms with Gasteiger partial charge in [0, 0.05) is 31.8 Å². The molecule has 1 aliphatic heterocycles. The highest BCUT2D eigenvalue weighted by Gasteiger charge is 2.26. The maximum Gasteiger partial charge on any atom is 0.328 e. The quantitative estimate of drug-likeness (QED) is 0.506. The Morgan fingerprint density at radius 3 is 2.62 bits per heavy atom. The lowest BCUT2D eigenvalue weighted by atomic mass is 10.1. The summed E-state index contributed by atoms with van der Waals surface area (Å²) in [7, 11) is 2.75. The minimum Gasteiger partial charge on any atom is -0.481 e. The number of carbonyl (C=O) groups is 3. The summed E-state index contributed by atoms with van der Waals surface area (Å²) in [6, 6.07) is 1.69. The molecule has 2 rings (SSSR count). The first kappa shape index (κ1) is 22.6. The largest absolute Gasteiger partial charge is 0.481 e. The third-order valence-electron chi connectivity index (χ3n) is 4.49. The van der Waals surface area contributed by atoms with Gasteiger partial charge in [-0.25, -0.2) is 9.78 Å². The molecular formula is C19H28N4O6. The third-order valence-corrected chi connectivity index (χ3v) is 4.49. The van der Waals surface area contributed by atoms with Gasteiger partial charge >= 0.3 is 5.97 Å². The normalized spacial score (nSPS) is 16.4. The van der Waals surface area contributed by atoms with E-state index in [1.165, 1.54) is 14.2 Å². The molecule has 1 aromatic rings. The maximum atomic E-state index is 12.5. The molecule has 10 heteroatoms. The first-order valence-electron chi connectivity index (χ1n) is 9.39. The van der Waals surface area contributed by atoms with Crippen LogP contribution >= 0.6 is 0 Å². The summed E-state index contributed by atoms with van der Waals surface area (Å²) in [6.07, 6.45) is 1.75. The van der Waals surface area contributed by atoms with Crippen LogP contribution < -0.4 is 15.4 Å². The number of pyridine rings is 1. The predicted octanol–water partition coefficient (Wildman–Crippen LogP) is -0.873. The summed E-state index contributed by atoms with van der Waals surface area (Å²) in [6.45, 7) is 4.28. The Labute approximate surface area is 169 Å². The van der Waals surface area contributed by atoms with Gasteiger partial charge in [0.1, 0.15) is 12.1 Å². The van der Waals surface area contributed by atoms with Crippen molar-refractivity contribution in [2.45, 2.75) is 25.4 Å². The van der Waals surface area contributed by atoms with Crippen LogP contribution in [0.15, 0.2) is 18.3 Å². The number of hydrogen-bond donors (Lipinski definition) is 2. The fraction of sp³-hybridized carbons (Fsp3) is 0.579. The Morgan fingerprint density at radius 1 is 1.24 bits per heavy atom. The third kappa shape index (κ3) is 7.31. The monoisotopic (exact) mass is 408 g/mol. The second kappa shape index (κ2) is 11.3.